The molecule has 1 aliphatic heterocycles. The van der Waals surface area contributed by atoms with Crippen molar-refractivity contribution in [1.82, 2.24) is 20.8 Å². The molecule has 1 fully saturated rings. The minimum atomic E-state index is 0. The summed E-state index contributed by atoms with van der Waals surface area (Å²) in [5.74, 6) is 0.822. The Labute approximate surface area is 130 Å². The summed E-state index contributed by atoms with van der Waals surface area (Å²) in [6.45, 7) is 5.20. The molecule has 0 radical (unpaired) electrons. The van der Waals surface area contributed by atoms with Crippen LogP contribution in [0.3, 0.4) is 0 Å². The van der Waals surface area contributed by atoms with Gasteiger partial charge in [0.2, 0.25) is 0 Å². The third-order valence-electron chi connectivity index (χ3n) is 2.83. The highest BCUT2D eigenvalue weighted by Crippen LogP contribution is 2.10. The third kappa shape index (κ3) is 5.77. The zero-order valence-corrected chi connectivity index (χ0v) is 13.5. The van der Waals surface area contributed by atoms with Gasteiger partial charge in [-0.15, -0.1) is 24.0 Å². The standard InChI is InChI=1S/C12H21N5O.HI/c1-2-13-12(14-8-10-5-6-16-17-10)15-9-11-4-3-7-18-11;/h5-6,11H,2-4,7-9H2,1H3,(H,16,17)(H2,13,14,15);1H. The third-order valence-corrected chi connectivity index (χ3v) is 2.83. The first-order chi connectivity index (χ1) is 8.88. The number of ether oxygens (including phenoxy) is 1. The molecule has 0 aromatic carbocycles. The van der Waals surface area contributed by atoms with E-state index < -0.39 is 0 Å². The number of nitrogens with zero attached hydrogens (tertiary/aromatic N) is 2. The molecule has 3 N–H and O–H groups in total. The Balaban J connectivity index is 0.00000180. The maximum Gasteiger partial charge on any atom is 0.191 e. The molecule has 108 valence electrons. The van der Waals surface area contributed by atoms with E-state index in [1.54, 1.807) is 6.20 Å². The Bertz CT molecular complexity index is 362. The number of aromatic nitrogens is 2. The number of halogens is 1. The number of nitrogens with one attached hydrogen (secondary N) is 3. The van der Waals surface area contributed by atoms with E-state index >= 15 is 0 Å². The Kier molecular flexibility index (Phi) is 7.80. The summed E-state index contributed by atoms with van der Waals surface area (Å²) in [6, 6.07) is 1.92. The molecule has 0 spiro atoms. The molecule has 7 heteroatoms. The van der Waals surface area contributed by atoms with Gasteiger partial charge in [0, 0.05) is 25.9 Å². The van der Waals surface area contributed by atoms with Crippen LogP contribution in [0.5, 0.6) is 0 Å². The summed E-state index contributed by atoms with van der Waals surface area (Å²) in [6.07, 6.45) is 4.35. The maximum absolute atomic E-state index is 5.57. The lowest BCUT2D eigenvalue weighted by molar-refractivity contribution is 0.114. The van der Waals surface area contributed by atoms with Crippen LogP contribution in [0.1, 0.15) is 25.5 Å². The van der Waals surface area contributed by atoms with Crippen LogP contribution in [0.15, 0.2) is 17.3 Å². The van der Waals surface area contributed by atoms with Gasteiger partial charge in [-0.25, -0.2) is 4.99 Å². The largest absolute Gasteiger partial charge is 0.376 e. The highest BCUT2D eigenvalue weighted by molar-refractivity contribution is 14.0. The first-order valence-corrected chi connectivity index (χ1v) is 6.50. The van der Waals surface area contributed by atoms with Crippen LogP contribution in [0, 0.1) is 0 Å². The minimum absolute atomic E-state index is 0. The van der Waals surface area contributed by atoms with Gasteiger partial charge in [-0.2, -0.15) is 5.10 Å². The molecule has 1 aromatic rings. The van der Waals surface area contributed by atoms with Gasteiger partial charge in [-0.3, -0.25) is 5.10 Å². The number of aliphatic imine (C=N–C) groups is 1. The van der Waals surface area contributed by atoms with Gasteiger partial charge in [0.05, 0.1) is 18.3 Å². The number of guanidine groups is 1. The predicted molar refractivity (Wildman–Crippen MR) is 85.8 cm³/mol. The molecule has 1 unspecified atom stereocenters. The van der Waals surface area contributed by atoms with Gasteiger partial charge in [0.1, 0.15) is 0 Å². The van der Waals surface area contributed by atoms with Crippen molar-refractivity contribution < 1.29 is 4.74 Å². The van der Waals surface area contributed by atoms with E-state index in [9.17, 15) is 0 Å². The van der Waals surface area contributed by atoms with E-state index in [4.69, 9.17) is 4.74 Å². The first-order valence-electron chi connectivity index (χ1n) is 6.50. The summed E-state index contributed by atoms with van der Waals surface area (Å²) in [5, 5.41) is 13.3. The van der Waals surface area contributed by atoms with Crippen molar-refractivity contribution in [2.24, 2.45) is 4.99 Å². The monoisotopic (exact) mass is 379 g/mol. The molecule has 2 heterocycles. The molecule has 1 aliphatic rings. The van der Waals surface area contributed by atoms with Gasteiger partial charge in [-0.1, -0.05) is 0 Å². The Morgan fingerprint density at radius 3 is 3.11 bits per heavy atom. The van der Waals surface area contributed by atoms with Crippen molar-refractivity contribution in [3.05, 3.63) is 18.0 Å². The van der Waals surface area contributed by atoms with Crippen LogP contribution in [-0.2, 0) is 11.3 Å². The summed E-state index contributed by atoms with van der Waals surface area (Å²) < 4.78 is 5.57. The van der Waals surface area contributed by atoms with Gasteiger partial charge >= 0.3 is 0 Å². The van der Waals surface area contributed by atoms with Gasteiger partial charge in [-0.05, 0) is 25.8 Å². The van der Waals surface area contributed by atoms with E-state index in [2.05, 4.69) is 32.7 Å². The molecule has 1 saturated heterocycles. The van der Waals surface area contributed by atoms with Crippen molar-refractivity contribution >= 4 is 29.9 Å². The summed E-state index contributed by atoms with van der Waals surface area (Å²) in [4.78, 5) is 4.48. The Morgan fingerprint density at radius 2 is 2.47 bits per heavy atom. The molecule has 0 amide bonds. The molecule has 0 saturated carbocycles. The van der Waals surface area contributed by atoms with Crippen molar-refractivity contribution in [2.75, 3.05) is 19.7 Å². The molecule has 6 nitrogen and oxygen atoms in total. The van der Waals surface area contributed by atoms with Gasteiger partial charge in [0.25, 0.3) is 0 Å². The topological polar surface area (TPSA) is 74.3 Å². The lowest BCUT2D eigenvalue weighted by Crippen LogP contribution is -2.41. The summed E-state index contributed by atoms with van der Waals surface area (Å²) >= 11 is 0. The van der Waals surface area contributed by atoms with Crippen molar-refractivity contribution in [1.29, 1.82) is 0 Å². The second-order valence-corrected chi connectivity index (χ2v) is 4.29. The quantitative estimate of drug-likeness (QED) is 0.409. The number of hydrogen-bond donors (Lipinski definition) is 3. The van der Waals surface area contributed by atoms with Crippen LogP contribution in [0.4, 0.5) is 0 Å². The summed E-state index contributed by atoms with van der Waals surface area (Å²) in [5.41, 5.74) is 1.00. The van der Waals surface area contributed by atoms with Gasteiger partial charge in [0.15, 0.2) is 5.96 Å². The van der Waals surface area contributed by atoms with Crippen LogP contribution in [0.25, 0.3) is 0 Å². The second-order valence-electron chi connectivity index (χ2n) is 4.29. The molecule has 2 rings (SSSR count). The smallest absolute Gasteiger partial charge is 0.191 e. The Morgan fingerprint density at radius 1 is 1.58 bits per heavy atom. The van der Waals surface area contributed by atoms with Crippen LogP contribution < -0.4 is 10.6 Å². The maximum atomic E-state index is 5.57. The fourth-order valence-corrected chi connectivity index (χ4v) is 1.89. The fraction of sp³-hybridized carbons (Fsp3) is 0.667. The van der Waals surface area contributed by atoms with E-state index in [0.717, 1.165) is 44.2 Å². The van der Waals surface area contributed by atoms with Crippen molar-refractivity contribution in [3.63, 3.8) is 0 Å². The molecular weight excluding hydrogens is 357 g/mol. The van der Waals surface area contributed by atoms with E-state index in [0.29, 0.717) is 12.6 Å². The molecule has 1 atom stereocenters. The number of rotatable bonds is 5. The summed E-state index contributed by atoms with van der Waals surface area (Å²) in [7, 11) is 0. The normalized spacial score (nSPS) is 19.0. The zero-order valence-electron chi connectivity index (χ0n) is 11.2. The molecule has 19 heavy (non-hydrogen) atoms. The fourth-order valence-electron chi connectivity index (χ4n) is 1.89. The Hall–Kier alpha value is -0.830. The van der Waals surface area contributed by atoms with E-state index in [1.165, 1.54) is 0 Å². The lowest BCUT2D eigenvalue weighted by Gasteiger charge is -2.14. The zero-order chi connectivity index (χ0) is 12.6. The van der Waals surface area contributed by atoms with Crippen molar-refractivity contribution in [2.45, 2.75) is 32.4 Å². The van der Waals surface area contributed by atoms with E-state index in [-0.39, 0.29) is 24.0 Å². The van der Waals surface area contributed by atoms with Crippen LogP contribution in [-0.4, -0.2) is 42.0 Å². The average Bonchev–Trinajstić information content (AvgIpc) is 3.05. The average molecular weight is 379 g/mol. The van der Waals surface area contributed by atoms with Crippen molar-refractivity contribution in [3.8, 4) is 0 Å². The SMILES string of the molecule is CCNC(=NCc1ccn[nH]1)NCC1CCCO1.I. The highest BCUT2D eigenvalue weighted by atomic mass is 127. The second kappa shape index (κ2) is 9.13. The van der Waals surface area contributed by atoms with Crippen LogP contribution in [0.2, 0.25) is 0 Å². The number of H-pyrrole nitrogens is 1. The van der Waals surface area contributed by atoms with Crippen LogP contribution >= 0.6 is 24.0 Å². The molecule has 0 bridgehead atoms. The van der Waals surface area contributed by atoms with Gasteiger partial charge < -0.3 is 15.4 Å². The highest BCUT2D eigenvalue weighted by Gasteiger charge is 2.15. The molecule has 1 aromatic heterocycles. The lowest BCUT2D eigenvalue weighted by atomic mass is 10.2. The predicted octanol–water partition coefficient (Wildman–Crippen LogP) is 1.26. The molecular formula is C12H22IN5O. The first kappa shape index (κ1) is 16.2. The molecule has 0 aliphatic carbocycles. The van der Waals surface area contributed by atoms with E-state index in [1.807, 2.05) is 6.07 Å². The minimum Gasteiger partial charge on any atom is -0.376 e. The number of hydrogen-bond acceptors (Lipinski definition) is 3. The number of aromatic amines is 1.